The summed E-state index contributed by atoms with van der Waals surface area (Å²) in [5.41, 5.74) is -0.585. The van der Waals surface area contributed by atoms with E-state index in [-0.39, 0.29) is 30.4 Å². The molecule has 1 saturated heterocycles. The van der Waals surface area contributed by atoms with Gasteiger partial charge in [-0.25, -0.2) is 0 Å². The van der Waals surface area contributed by atoms with Crippen molar-refractivity contribution in [3.05, 3.63) is 0 Å². The van der Waals surface area contributed by atoms with Crippen molar-refractivity contribution in [2.24, 2.45) is 46.8 Å². The quantitative estimate of drug-likeness (QED) is 0.340. The first kappa shape index (κ1) is 31.3. The highest BCUT2D eigenvalue weighted by Crippen LogP contribution is 2.61. The van der Waals surface area contributed by atoms with Gasteiger partial charge in [-0.3, -0.25) is 9.63 Å². The number of aliphatic hydroxyl groups excluding tert-OH is 2. The standard InChI is InChI=1S/C34H56N2O5/c1-21-28-17-26(33(28,3)4)18-29(21)35-32(39)30-27(20-37)31(22(2)38)41-36(30)19-24-11-9-10-23(16-24)14-15-34(5,40)25-12-7-6-8-13-25/h21-31,37-38,40H,6-13,16-20H2,1-5H3,(H,35,39)/t21-,22-,23?,24?,26+,27-,28-,29-,30-,31-,34?/m0/s1. The molecular formula is C34H56N2O5. The lowest BCUT2D eigenvalue weighted by Gasteiger charge is -2.62. The molecule has 2 bridgehead atoms. The van der Waals surface area contributed by atoms with Crippen LogP contribution in [-0.2, 0) is 9.63 Å². The van der Waals surface area contributed by atoms with E-state index in [4.69, 9.17) is 4.84 Å². The third kappa shape index (κ3) is 6.38. The Labute approximate surface area is 248 Å². The van der Waals surface area contributed by atoms with Crippen LogP contribution in [0.5, 0.6) is 0 Å². The molecule has 3 unspecified atom stereocenters. The number of aliphatic hydroxyl groups is 3. The SMILES string of the molecule is C[C@@H]1[C@@H](NC(=O)[C@@H]2[C@H](CO)[C@H]([C@H](C)O)ON2CC2CCCC(C#CC(C)(O)C3CCCCC3)C2)C[C@H]2C[C@@H]1C2(C)C. The molecule has 7 nitrogen and oxygen atoms in total. The Bertz CT molecular complexity index is 979. The number of nitrogens with zero attached hydrogens (tertiary/aromatic N) is 1. The summed E-state index contributed by atoms with van der Waals surface area (Å²) in [6, 6.07) is -0.492. The fourth-order valence-corrected chi connectivity index (χ4v) is 9.29. The van der Waals surface area contributed by atoms with Gasteiger partial charge in [-0.2, -0.15) is 5.06 Å². The number of carbonyl (C=O) groups is 1. The first-order chi connectivity index (χ1) is 19.4. The number of carbonyl (C=O) groups excluding carboxylic acids is 1. The van der Waals surface area contributed by atoms with E-state index in [1.165, 1.54) is 25.7 Å². The lowest BCUT2D eigenvalue weighted by atomic mass is 9.45. The molecule has 41 heavy (non-hydrogen) atoms. The third-order valence-electron chi connectivity index (χ3n) is 12.2. The summed E-state index contributed by atoms with van der Waals surface area (Å²) < 4.78 is 0. The van der Waals surface area contributed by atoms with E-state index in [0.29, 0.717) is 35.6 Å². The fraction of sp³-hybridized carbons (Fsp3) is 0.912. The number of fused-ring (bicyclic) bond motifs is 2. The van der Waals surface area contributed by atoms with Crippen molar-refractivity contribution < 1.29 is 25.0 Å². The Kier molecular flexibility index (Phi) is 9.49. The molecule has 6 rings (SSSR count). The minimum Gasteiger partial charge on any atom is -0.396 e. The van der Waals surface area contributed by atoms with E-state index in [1.807, 2.05) is 6.92 Å². The van der Waals surface area contributed by atoms with Crippen molar-refractivity contribution in [3.8, 4) is 11.8 Å². The van der Waals surface area contributed by atoms with Gasteiger partial charge < -0.3 is 20.6 Å². The smallest absolute Gasteiger partial charge is 0.240 e. The topological polar surface area (TPSA) is 102 Å². The molecule has 0 radical (unpaired) electrons. The van der Waals surface area contributed by atoms with Gasteiger partial charge in [-0.1, -0.05) is 58.3 Å². The molecule has 1 aliphatic heterocycles. The molecule has 6 fully saturated rings. The van der Waals surface area contributed by atoms with Crippen molar-refractivity contribution in [2.75, 3.05) is 13.2 Å². The minimum absolute atomic E-state index is 0.0844. The highest BCUT2D eigenvalue weighted by molar-refractivity contribution is 5.82. The molecule has 232 valence electrons. The van der Waals surface area contributed by atoms with Crippen LogP contribution in [0.3, 0.4) is 0 Å². The summed E-state index contributed by atoms with van der Waals surface area (Å²) in [5, 5.41) is 37.1. The van der Waals surface area contributed by atoms with E-state index >= 15 is 0 Å². The van der Waals surface area contributed by atoms with Crippen LogP contribution in [0.1, 0.15) is 105 Å². The van der Waals surface area contributed by atoms with Gasteiger partial charge in [0.2, 0.25) is 5.91 Å². The van der Waals surface area contributed by atoms with E-state index in [2.05, 4.69) is 37.9 Å². The highest BCUT2D eigenvalue weighted by atomic mass is 16.7. The minimum atomic E-state index is -0.931. The average Bonchev–Trinajstić information content (AvgIpc) is 3.32. The van der Waals surface area contributed by atoms with Gasteiger partial charge >= 0.3 is 0 Å². The lowest BCUT2D eigenvalue weighted by Crippen LogP contribution is -2.62. The summed E-state index contributed by atoms with van der Waals surface area (Å²) >= 11 is 0. The van der Waals surface area contributed by atoms with Crippen LogP contribution in [0.4, 0.5) is 0 Å². The van der Waals surface area contributed by atoms with Gasteiger partial charge in [0.25, 0.3) is 0 Å². The molecule has 7 heteroatoms. The molecule has 1 amide bonds. The summed E-state index contributed by atoms with van der Waals surface area (Å²) in [7, 11) is 0. The number of nitrogens with one attached hydrogen (secondary N) is 1. The maximum atomic E-state index is 13.9. The normalized spacial score (nSPS) is 41.4. The molecule has 6 aliphatic rings. The predicted octanol–water partition coefficient (Wildman–Crippen LogP) is 4.29. The second-order valence-corrected chi connectivity index (χ2v) is 15.3. The van der Waals surface area contributed by atoms with Crippen LogP contribution in [0.25, 0.3) is 0 Å². The first-order valence-electron chi connectivity index (χ1n) is 16.7. The number of rotatable bonds is 7. The fourth-order valence-electron chi connectivity index (χ4n) is 9.29. The Balaban J connectivity index is 1.25. The molecule has 0 spiro atoms. The van der Waals surface area contributed by atoms with Gasteiger partial charge in [0, 0.05) is 24.4 Å². The summed E-state index contributed by atoms with van der Waals surface area (Å²) in [4.78, 5) is 20.1. The number of hydrogen-bond acceptors (Lipinski definition) is 6. The molecular weight excluding hydrogens is 516 g/mol. The van der Waals surface area contributed by atoms with Crippen molar-refractivity contribution in [2.45, 2.75) is 135 Å². The summed E-state index contributed by atoms with van der Waals surface area (Å²) in [5.74, 6) is 8.62. The number of hydroxylamine groups is 2. The lowest BCUT2D eigenvalue weighted by molar-refractivity contribution is -0.194. The first-order valence-corrected chi connectivity index (χ1v) is 16.7. The Hall–Kier alpha value is -1.17. The number of hydrogen-bond donors (Lipinski definition) is 4. The molecule has 4 N–H and O–H groups in total. The van der Waals surface area contributed by atoms with E-state index in [9.17, 15) is 20.1 Å². The van der Waals surface area contributed by atoms with Crippen molar-refractivity contribution in [1.82, 2.24) is 10.4 Å². The van der Waals surface area contributed by atoms with Gasteiger partial charge in [0.05, 0.1) is 12.7 Å². The predicted molar refractivity (Wildman–Crippen MR) is 159 cm³/mol. The zero-order valence-corrected chi connectivity index (χ0v) is 26.1. The molecule has 0 aromatic rings. The zero-order valence-electron chi connectivity index (χ0n) is 26.1. The monoisotopic (exact) mass is 572 g/mol. The molecule has 5 aliphatic carbocycles. The maximum Gasteiger partial charge on any atom is 0.240 e. The Morgan fingerprint density at radius 1 is 1.12 bits per heavy atom. The molecule has 0 aromatic heterocycles. The number of amides is 1. The molecule has 1 heterocycles. The van der Waals surface area contributed by atoms with Gasteiger partial charge in [0.1, 0.15) is 17.7 Å². The molecule has 11 atom stereocenters. The second kappa shape index (κ2) is 12.4. The van der Waals surface area contributed by atoms with Crippen molar-refractivity contribution >= 4 is 5.91 Å². The van der Waals surface area contributed by atoms with E-state index in [0.717, 1.165) is 44.9 Å². The van der Waals surface area contributed by atoms with Gasteiger partial charge in [0.15, 0.2) is 0 Å². The highest BCUT2D eigenvalue weighted by Gasteiger charge is 2.57. The van der Waals surface area contributed by atoms with Crippen molar-refractivity contribution in [1.29, 1.82) is 0 Å². The van der Waals surface area contributed by atoms with Crippen molar-refractivity contribution in [3.63, 3.8) is 0 Å². The summed E-state index contributed by atoms with van der Waals surface area (Å²) in [6.07, 6.45) is 10.6. The van der Waals surface area contributed by atoms with Crippen LogP contribution in [0.2, 0.25) is 0 Å². The van der Waals surface area contributed by atoms with Crippen LogP contribution in [-0.4, -0.2) is 69.3 Å². The van der Waals surface area contributed by atoms with Crippen LogP contribution >= 0.6 is 0 Å². The average molecular weight is 573 g/mol. The summed E-state index contributed by atoms with van der Waals surface area (Å²) in [6.45, 7) is 10.9. The van der Waals surface area contributed by atoms with Crippen LogP contribution in [0.15, 0.2) is 0 Å². The molecule has 5 saturated carbocycles. The van der Waals surface area contributed by atoms with E-state index < -0.39 is 29.8 Å². The Morgan fingerprint density at radius 3 is 2.49 bits per heavy atom. The van der Waals surface area contributed by atoms with Gasteiger partial charge in [-0.05, 0) is 93.8 Å². The van der Waals surface area contributed by atoms with Crippen LogP contribution < -0.4 is 5.32 Å². The van der Waals surface area contributed by atoms with E-state index in [1.54, 1.807) is 12.0 Å². The third-order valence-corrected chi connectivity index (χ3v) is 12.2. The molecule has 0 aromatic carbocycles. The van der Waals surface area contributed by atoms with Gasteiger partial charge in [-0.15, -0.1) is 0 Å². The second-order valence-electron chi connectivity index (χ2n) is 15.3. The van der Waals surface area contributed by atoms with Crippen LogP contribution in [0, 0.1) is 58.7 Å². The zero-order chi connectivity index (χ0) is 29.5. The largest absolute Gasteiger partial charge is 0.396 e. The maximum absolute atomic E-state index is 13.9. The Morgan fingerprint density at radius 2 is 1.85 bits per heavy atom.